The summed E-state index contributed by atoms with van der Waals surface area (Å²) in [5.41, 5.74) is 3.40. The molecule has 1 aliphatic heterocycles. The lowest BCUT2D eigenvalue weighted by Crippen LogP contribution is -2.58. The maximum atomic E-state index is 13.6. The van der Waals surface area contributed by atoms with Gasteiger partial charge >= 0.3 is 6.09 Å². The molecular formula is C27H38N4O5S. The number of likely N-dealkylation sites (tertiary alicyclic amines) is 1. The van der Waals surface area contributed by atoms with E-state index in [9.17, 15) is 19.5 Å². The number of nitrogens with zero attached hydrogens (tertiary/aromatic N) is 2. The highest BCUT2D eigenvalue weighted by Crippen LogP contribution is 2.28. The number of rotatable bonds is 6. The molecule has 3 atom stereocenters. The van der Waals surface area contributed by atoms with Crippen molar-refractivity contribution >= 4 is 29.2 Å². The Hall–Kier alpha value is -2.98. The monoisotopic (exact) mass is 530 g/mol. The van der Waals surface area contributed by atoms with Crippen molar-refractivity contribution in [3.8, 4) is 10.4 Å². The van der Waals surface area contributed by atoms with E-state index in [4.69, 9.17) is 4.74 Å². The van der Waals surface area contributed by atoms with Gasteiger partial charge in [0.2, 0.25) is 11.8 Å². The van der Waals surface area contributed by atoms with Crippen LogP contribution < -0.4 is 10.6 Å². The van der Waals surface area contributed by atoms with Crippen molar-refractivity contribution in [2.75, 3.05) is 6.54 Å². The van der Waals surface area contributed by atoms with Gasteiger partial charge in [-0.15, -0.1) is 11.3 Å². The van der Waals surface area contributed by atoms with Gasteiger partial charge < -0.3 is 25.4 Å². The number of hydrogen-bond donors (Lipinski definition) is 3. The predicted octanol–water partition coefficient (Wildman–Crippen LogP) is 3.64. The van der Waals surface area contributed by atoms with Crippen molar-refractivity contribution < 1.29 is 24.2 Å². The van der Waals surface area contributed by atoms with E-state index in [2.05, 4.69) is 15.6 Å². The minimum Gasteiger partial charge on any atom is -0.444 e. The number of thiazole rings is 1. The lowest BCUT2D eigenvalue weighted by atomic mass is 9.85. The molecule has 37 heavy (non-hydrogen) atoms. The number of carbonyl (C=O) groups excluding carboxylic acids is 3. The number of aryl methyl sites for hydroxylation is 1. The highest BCUT2D eigenvalue weighted by atomic mass is 32.1. The molecule has 10 heteroatoms. The molecule has 0 saturated carbocycles. The van der Waals surface area contributed by atoms with E-state index in [0.29, 0.717) is 0 Å². The number of aliphatic hydroxyl groups excluding tert-OH is 1. The molecule has 9 nitrogen and oxygen atoms in total. The molecule has 0 aliphatic carbocycles. The summed E-state index contributed by atoms with van der Waals surface area (Å²) < 4.78 is 5.35. The Balaban J connectivity index is 1.68. The Morgan fingerprint density at radius 1 is 1.16 bits per heavy atom. The number of amides is 3. The number of aliphatic hydroxyl groups is 1. The molecule has 0 spiro atoms. The second-order valence-electron chi connectivity index (χ2n) is 11.5. The molecule has 1 unspecified atom stereocenters. The van der Waals surface area contributed by atoms with Crippen LogP contribution in [0.25, 0.3) is 10.4 Å². The second-order valence-corrected chi connectivity index (χ2v) is 12.4. The summed E-state index contributed by atoms with van der Waals surface area (Å²) in [4.78, 5) is 45.9. The lowest BCUT2D eigenvalue weighted by molar-refractivity contribution is -0.142. The fourth-order valence-electron chi connectivity index (χ4n) is 4.21. The van der Waals surface area contributed by atoms with Crippen molar-refractivity contribution in [1.82, 2.24) is 20.5 Å². The topological polar surface area (TPSA) is 121 Å². The molecule has 3 amide bonds. The van der Waals surface area contributed by atoms with Gasteiger partial charge in [0.25, 0.3) is 0 Å². The number of alkyl carbamates (subject to hydrolysis) is 1. The van der Waals surface area contributed by atoms with Crippen LogP contribution in [0.4, 0.5) is 4.79 Å². The third-order valence-electron chi connectivity index (χ3n) is 6.07. The molecule has 1 aromatic carbocycles. The summed E-state index contributed by atoms with van der Waals surface area (Å²) >= 11 is 1.58. The summed E-state index contributed by atoms with van der Waals surface area (Å²) in [6.07, 6.45) is -1.41. The Morgan fingerprint density at radius 3 is 2.35 bits per heavy atom. The zero-order valence-electron chi connectivity index (χ0n) is 22.6. The normalized spacial score (nSPS) is 18.9. The van der Waals surface area contributed by atoms with Gasteiger partial charge in [-0.25, -0.2) is 9.78 Å². The molecule has 202 valence electrons. The van der Waals surface area contributed by atoms with Gasteiger partial charge in [-0.2, -0.15) is 0 Å². The van der Waals surface area contributed by atoms with Gasteiger partial charge in [0.05, 0.1) is 22.2 Å². The molecule has 0 radical (unpaired) electrons. The Labute approximate surface area is 222 Å². The summed E-state index contributed by atoms with van der Waals surface area (Å²) in [7, 11) is 0. The van der Waals surface area contributed by atoms with Gasteiger partial charge in [0, 0.05) is 19.5 Å². The van der Waals surface area contributed by atoms with Crippen molar-refractivity contribution in [2.24, 2.45) is 5.41 Å². The fraction of sp³-hybridized carbons (Fsp3) is 0.556. The molecule has 1 aliphatic rings. The smallest absolute Gasteiger partial charge is 0.408 e. The van der Waals surface area contributed by atoms with Crippen LogP contribution in [0, 0.1) is 12.3 Å². The van der Waals surface area contributed by atoms with E-state index in [-0.39, 0.29) is 25.4 Å². The second kappa shape index (κ2) is 11.2. The maximum Gasteiger partial charge on any atom is 0.408 e. The molecule has 3 rings (SSSR count). The number of benzene rings is 1. The fourth-order valence-corrected chi connectivity index (χ4v) is 5.02. The Bertz CT molecular complexity index is 1120. The zero-order chi connectivity index (χ0) is 27.5. The average Bonchev–Trinajstić information content (AvgIpc) is 3.39. The minimum absolute atomic E-state index is 0.0163. The van der Waals surface area contributed by atoms with Gasteiger partial charge in [0.15, 0.2) is 0 Å². The number of nitrogens with one attached hydrogen (secondary N) is 2. The first-order chi connectivity index (χ1) is 17.2. The summed E-state index contributed by atoms with van der Waals surface area (Å²) in [6, 6.07) is 6.10. The number of hydrogen-bond acceptors (Lipinski definition) is 7. The largest absolute Gasteiger partial charge is 0.444 e. The maximum absolute atomic E-state index is 13.6. The van der Waals surface area contributed by atoms with Crippen molar-refractivity contribution in [2.45, 2.75) is 85.2 Å². The van der Waals surface area contributed by atoms with Crippen LogP contribution in [-0.4, -0.2) is 63.2 Å². The van der Waals surface area contributed by atoms with E-state index >= 15 is 0 Å². The molecule has 0 bridgehead atoms. The standard InChI is InChI=1S/C27H38N4O5S/c1-16-21(37-15-29-16)18-10-8-17(9-11-18)13-28-23(33)20-12-19(32)14-31(20)24(34)22(26(2,3)4)30-25(35)36-27(5,6)7/h8-11,15,19-20,22,32H,12-14H2,1-7H3,(H,28,33)(H,30,35)/t19-,20+,22?/m1/s1. The number of aromatic nitrogens is 1. The van der Waals surface area contributed by atoms with Gasteiger partial charge in [-0.05, 0) is 44.2 Å². The first kappa shape index (κ1) is 28.6. The van der Waals surface area contributed by atoms with E-state index in [1.54, 1.807) is 32.1 Å². The van der Waals surface area contributed by atoms with Crippen LogP contribution in [0.15, 0.2) is 29.8 Å². The highest BCUT2D eigenvalue weighted by molar-refractivity contribution is 7.13. The molecule has 2 heterocycles. The predicted molar refractivity (Wildman–Crippen MR) is 143 cm³/mol. The number of carbonyl (C=O) groups is 3. The van der Waals surface area contributed by atoms with Crippen LogP contribution in [0.5, 0.6) is 0 Å². The minimum atomic E-state index is -0.939. The molecule has 3 N–H and O–H groups in total. The van der Waals surface area contributed by atoms with Crippen molar-refractivity contribution in [3.63, 3.8) is 0 Å². The van der Waals surface area contributed by atoms with Crippen LogP contribution in [0.2, 0.25) is 0 Å². The molecule has 1 fully saturated rings. The summed E-state index contributed by atoms with van der Waals surface area (Å²) in [5, 5.41) is 15.9. The molecule has 2 aromatic rings. The zero-order valence-corrected chi connectivity index (χ0v) is 23.4. The SMILES string of the molecule is Cc1ncsc1-c1ccc(CNC(=O)[C@@H]2C[C@@H](O)CN2C(=O)C(NC(=O)OC(C)(C)C)C(C)(C)C)cc1. The van der Waals surface area contributed by atoms with Gasteiger partial charge in [-0.3, -0.25) is 9.59 Å². The van der Waals surface area contributed by atoms with Gasteiger partial charge in [-0.1, -0.05) is 45.0 Å². The first-order valence-electron chi connectivity index (χ1n) is 12.4. The van der Waals surface area contributed by atoms with Crippen LogP contribution in [-0.2, 0) is 20.9 Å². The molecular weight excluding hydrogens is 492 g/mol. The van der Waals surface area contributed by atoms with Crippen LogP contribution in [0.3, 0.4) is 0 Å². The summed E-state index contributed by atoms with van der Waals surface area (Å²) in [6.45, 7) is 13.0. The third-order valence-corrected chi connectivity index (χ3v) is 7.04. The number of β-amino-alcohol motifs (C(OH)–C–C–N with tert-alkyl or cyclic N) is 1. The molecule has 1 aromatic heterocycles. The first-order valence-corrected chi connectivity index (χ1v) is 13.3. The van der Waals surface area contributed by atoms with Crippen molar-refractivity contribution in [3.05, 3.63) is 41.0 Å². The lowest BCUT2D eigenvalue weighted by Gasteiger charge is -2.35. The van der Waals surface area contributed by atoms with Crippen LogP contribution in [0.1, 0.15) is 59.2 Å². The van der Waals surface area contributed by atoms with Crippen molar-refractivity contribution in [1.29, 1.82) is 0 Å². The third kappa shape index (κ3) is 7.52. The quantitative estimate of drug-likeness (QED) is 0.525. The van der Waals surface area contributed by atoms with Gasteiger partial charge in [0.1, 0.15) is 17.7 Å². The van der Waals surface area contributed by atoms with E-state index in [1.807, 2.05) is 57.5 Å². The Kier molecular flexibility index (Phi) is 8.64. The van der Waals surface area contributed by atoms with E-state index < -0.39 is 41.2 Å². The Morgan fingerprint density at radius 2 is 1.81 bits per heavy atom. The van der Waals surface area contributed by atoms with E-state index in [1.165, 1.54) is 4.90 Å². The number of ether oxygens (including phenoxy) is 1. The molecule has 1 saturated heterocycles. The van der Waals surface area contributed by atoms with E-state index in [0.717, 1.165) is 21.7 Å². The summed E-state index contributed by atoms with van der Waals surface area (Å²) in [5.74, 6) is -0.781. The van der Waals surface area contributed by atoms with Crippen LogP contribution >= 0.6 is 11.3 Å². The highest BCUT2D eigenvalue weighted by Gasteiger charge is 2.44. The average molecular weight is 531 g/mol.